The number of hydrogen-bond donors (Lipinski definition) is 2. The van der Waals surface area contributed by atoms with E-state index in [4.69, 9.17) is 0 Å². The van der Waals surface area contributed by atoms with E-state index in [0.29, 0.717) is 25.8 Å². The molecule has 0 radical (unpaired) electrons. The lowest BCUT2D eigenvalue weighted by molar-refractivity contribution is -0.122. The van der Waals surface area contributed by atoms with Gasteiger partial charge in [-0.3, -0.25) is 9.59 Å². The van der Waals surface area contributed by atoms with E-state index >= 15 is 0 Å². The van der Waals surface area contributed by atoms with Gasteiger partial charge < -0.3 is 15.5 Å². The number of nitrogens with zero attached hydrogens (tertiary/aromatic N) is 1. The van der Waals surface area contributed by atoms with Crippen molar-refractivity contribution in [1.82, 2.24) is 15.5 Å². The van der Waals surface area contributed by atoms with Crippen LogP contribution in [0.3, 0.4) is 0 Å². The SMILES string of the molecule is CNC(=O)CCCC(=O)NCCCN(C)C. The van der Waals surface area contributed by atoms with Crippen LogP contribution >= 0.6 is 0 Å². The molecule has 0 heterocycles. The van der Waals surface area contributed by atoms with Crippen molar-refractivity contribution in [3.05, 3.63) is 0 Å². The highest BCUT2D eigenvalue weighted by Crippen LogP contribution is 1.95. The van der Waals surface area contributed by atoms with E-state index in [-0.39, 0.29) is 11.8 Å². The van der Waals surface area contributed by atoms with E-state index in [1.54, 1.807) is 7.05 Å². The Kier molecular flexibility index (Phi) is 8.52. The monoisotopic (exact) mass is 229 g/mol. The van der Waals surface area contributed by atoms with Gasteiger partial charge in [0, 0.05) is 26.4 Å². The third-order valence-electron chi connectivity index (χ3n) is 2.19. The summed E-state index contributed by atoms with van der Waals surface area (Å²) >= 11 is 0. The molecule has 16 heavy (non-hydrogen) atoms. The maximum absolute atomic E-state index is 11.3. The third-order valence-corrected chi connectivity index (χ3v) is 2.19. The van der Waals surface area contributed by atoms with E-state index < -0.39 is 0 Å². The van der Waals surface area contributed by atoms with E-state index in [1.807, 2.05) is 14.1 Å². The number of rotatable bonds is 8. The molecule has 0 aliphatic carbocycles. The van der Waals surface area contributed by atoms with Crippen molar-refractivity contribution in [2.75, 3.05) is 34.2 Å². The van der Waals surface area contributed by atoms with Crippen LogP contribution in [0.15, 0.2) is 0 Å². The van der Waals surface area contributed by atoms with Gasteiger partial charge in [-0.15, -0.1) is 0 Å². The van der Waals surface area contributed by atoms with Gasteiger partial charge in [-0.1, -0.05) is 0 Å². The molecule has 0 bridgehead atoms. The van der Waals surface area contributed by atoms with E-state index in [9.17, 15) is 9.59 Å². The largest absolute Gasteiger partial charge is 0.359 e. The molecule has 0 aromatic heterocycles. The lowest BCUT2D eigenvalue weighted by Crippen LogP contribution is -2.27. The standard InChI is InChI=1S/C11H23N3O2/c1-12-10(15)6-4-7-11(16)13-8-5-9-14(2)3/h4-9H2,1-3H3,(H,12,15)(H,13,16). The van der Waals surface area contributed by atoms with Crippen molar-refractivity contribution in [2.45, 2.75) is 25.7 Å². The minimum atomic E-state index is -0.0135. The Labute approximate surface area is 97.6 Å². The van der Waals surface area contributed by atoms with Gasteiger partial charge in [-0.2, -0.15) is 0 Å². The van der Waals surface area contributed by atoms with E-state index in [2.05, 4.69) is 15.5 Å². The third kappa shape index (κ3) is 9.45. The summed E-state index contributed by atoms with van der Waals surface area (Å²) in [5.74, 6) is 0.0167. The summed E-state index contributed by atoms with van der Waals surface area (Å²) in [6.45, 7) is 1.68. The van der Waals surface area contributed by atoms with Crippen molar-refractivity contribution >= 4 is 11.8 Å². The quantitative estimate of drug-likeness (QED) is 0.575. The smallest absolute Gasteiger partial charge is 0.220 e. The van der Waals surface area contributed by atoms with Crippen LogP contribution in [-0.4, -0.2) is 50.9 Å². The summed E-state index contributed by atoms with van der Waals surface area (Å²) in [5, 5.41) is 5.36. The molecular weight excluding hydrogens is 206 g/mol. The zero-order valence-corrected chi connectivity index (χ0v) is 10.5. The van der Waals surface area contributed by atoms with Crippen LogP contribution in [0.5, 0.6) is 0 Å². The Morgan fingerprint density at radius 1 is 1.06 bits per heavy atom. The van der Waals surface area contributed by atoms with Crippen molar-refractivity contribution in [3.63, 3.8) is 0 Å². The fourth-order valence-electron chi connectivity index (χ4n) is 1.25. The number of nitrogens with one attached hydrogen (secondary N) is 2. The lowest BCUT2D eigenvalue weighted by Gasteiger charge is -2.09. The van der Waals surface area contributed by atoms with Gasteiger partial charge in [-0.25, -0.2) is 0 Å². The highest BCUT2D eigenvalue weighted by atomic mass is 16.2. The van der Waals surface area contributed by atoms with Crippen LogP contribution in [0.2, 0.25) is 0 Å². The Bertz CT molecular complexity index is 217. The summed E-state index contributed by atoms with van der Waals surface area (Å²) in [4.78, 5) is 24.3. The van der Waals surface area contributed by atoms with Crippen LogP contribution in [-0.2, 0) is 9.59 Å². The Morgan fingerprint density at radius 2 is 1.69 bits per heavy atom. The molecule has 94 valence electrons. The predicted molar refractivity (Wildman–Crippen MR) is 64.1 cm³/mol. The molecule has 0 aliphatic heterocycles. The Morgan fingerprint density at radius 3 is 2.25 bits per heavy atom. The topological polar surface area (TPSA) is 61.4 Å². The average molecular weight is 229 g/mol. The maximum Gasteiger partial charge on any atom is 0.220 e. The summed E-state index contributed by atoms with van der Waals surface area (Å²) in [6, 6.07) is 0. The van der Waals surface area contributed by atoms with Gasteiger partial charge >= 0.3 is 0 Å². The van der Waals surface area contributed by atoms with Gasteiger partial charge in [0.15, 0.2) is 0 Å². The van der Waals surface area contributed by atoms with Gasteiger partial charge in [0.25, 0.3) is 0 Å². The van der Waals surface area contributed by atoms with Crippen LogP contribution in [0.1, 0.15) is 25.7 Å². The predicted octanol–water partition coefficient (Wildman–Crippen LogP) is -0.0294. The molecule has 2 N–H and O–H groups in total. The van der Waals surface area contributed by atoms with Crippen LogP contribution < -0.4 is 10.6 Å². The minimum Gasteiger partial charge on any atom is -0.359 e. The summed E-state index contributed by atoms with van der Waals surface area (Å²) in [7, 11) is 5.61. The molecule has 2 amide bonds. The fourth-order valence-corrected chi connectivity index (χ4v) is 1.25. The zero-order chi connectivity index (χ0) is 12.4. The van der Waals surface area contributed by atoms with Crippen LogP contribution in [0, 0.1) is 0 Å². The fraction of sp³-hybridized carbons (Fsp3) is 0.818. The molecule has 0 aliphatic rings. The first-order valence-electron chi connectivity index (χ1n) is 5.68. The van der Waals surface area contributed by atoms with Gasteiger partial charge in [0.1, 0.15) is 0 Å². The van der Waals surface area contributed by atoms with Crippen molar-refractivity contribution < 1.29 is 9.59 Å². The molecule has 0 saturated carbocycles. The van der Waals surface area contributed by atoms with Gasteiger partial charge in [-0.05, 0) is 33.5 Å². The highest BCUT2D eigenvalue weighted by Gasteiger charge is 2.03. The van der Waals surface area contributed by atoms with Gasteiger partial charge in [0.05, 0.1) is 0 Å². The molecule has 0 fully saturated rings. The zero-order valence-electron chi connectivity index (χ0n) is 10.5. The summed E-state index contributed by atoms with van der Waals surface area (Å²) in [6.07, 6.45) is 2.41. The normalized spacial score (nSPS) is 10.2. The first kappa shape index (κ1) is 14.9. The van der Waals surface area contributed by atoms with E-state index in [0.717, 1.165) is 13.0 Å². The molecule has 5 nitrogen and oxygen atoms in total. The number of carbonyl (C=O) groups excluding carboxylic acids is 2. The number of carbonyl (C=O) groups is 2. The molecule has 0 atom stereocenters. The van der Waals surface area contributed by atoms with Crippen molar-refractivity contribution in [2.24, 2.45) is 0 Å². The molecule has 0 aromatic carbocycles. The maximum atomic E-state index is 11.3. The first-order chi connectivity index (χ1) is 7.56. The number of amides is 2. The highest BCUT2D eigenvalue weighted by molar-refractivity contribution is 5.78. The second-order valence-electron chi connectivity index (χ2n) is 4.03. The molecule has 0 unspecified atom stereocenters. The second-order valence-corrected chi connectivity index (χ2v) is 4.03. The summed E-state index contributed by atoms with van der Waals surface area (Å²) < 4.78 is 0. The Balaban J connectivity index is 3.35. The number of hydrogen-bond acceptors (Lipinski definition) is 3. The molecule has 0 rings (SSSR count). The average Bonchev–Trinajstić information content (AvgIpc) is 2.24. The van der Waals surface area contributed by atoms with Crippen molar-refractivity contribution in [1.29, 1.82) is 0 Å². The van der Waals surface area contributed by atoms with Crippen LogP contribution in [0.25, 0.3) is 0 Å². The summed E-state index contributed by atoms with van der Waals surface area (Å²) in [5.41, 5.74) is 0. The minimum absolute atomic E-state index is 0.0135. The Hall–Kier alpha value is -1.10. The molecule has 5 heteroatoms. The second kappa shape index (κ2) is 9.15. The lowest BCUT2D eigenvalue weighted by atomic mass is 10.2. The molecule has 0 aromatic rings. The first-order valence-corrected chi connectivity index (χ1v) is 5.68. The molecule has 0 spiro atoms. The van der Waals surface area contributed by atoms with Crippen LogP contribution in [0.4, 0.5) is 0 Å². The van der Waals surface area contributed by atoms with E-state index in [1.165, 1.54) is 0 Å². The van der Waals surface area contributed by atoms with Crippen molar-refractivity contribution in [3.8, 4) is 0 Å². The molecular formula is C11H23N3O2. The molecule has 0 saturated heterocycles. The van der Waals surface area contributed by atoms with Gasteiger partial charge in [0.2, 0.25) is 11.8 Å².